The Labute approximate surface area is 134 Å². The fraction of sp³-hybridized carbons (Fsp3) is 0.562. The molecule has 0 aliphatic carbocycles. The summed E-state index contributed by atoms with van der Waals surface area (Å²) in [6, 6.07) is 7.74. The third-order valence-corrected chi connectivity index (χ3v) is 4.33. The van der Waals surface area contributed by atoms with Crippen LogP contribution in [-0.2, 0) is 4.79 Å². The smallest absolute Gasteiger partial charge is 0.220 e. The van der Waals surface area contributed by atoms with Gasteiger partial charge in [0.1, 0.15) is 5.75 Å². The van der Waals surface area contributed by atoms with E-state index in [1.54, 1.807) is 0 Å². The van der Waals surface area contributed by atoms with E-state index >= 15 is 0 Å². The van der Waals surface area contributed by atoms with Crippen molar-refractivity contribution in [3.05, 3.63) is 28.7 Å². The van der Waals surface area contributed by atoms with Crippen molar-refractivity contribution in [2.45, 2.75) is 25.7 Å². The van der Waals surface area contributed by atoms with Crippen molar-refractivity contribution in [1.29, 1.82) is 0 Å². The first-order chi connectivity index (χ1) is 10.3. The van der Waals surface area contributed by atoms with Gasteiger partial charge in [-0.25, -0.2) is 0 Å². The maximum Gasteiger partial charge on any atom is 0.220 e. The summed E-state index contributed by atoms with van der Waals surface area (Å²) in [5.74, 6) is 1.67. The maximum absolute atomic E-state index is 11.7. The van der Waals surface area contributed by atoms with Crippen LogP contribution in [0.3, 0.4) is 0 Å². The molecule has 1 unspecified atom stereocenters. The molecule has 0 saturated carbocycles. The van der Waals surface area contributed by atoms with Gasteiger partial charge in [0, 0.05) is 13.0 Å². The van der Waals surface area contributed by atoms with Crippen molar-refractivity contribution < 1.29 is 9.53 Å². The number of nitrogens with one attached hydrogen (secondary N) is 2. The molecule has 1 fully saturated rings. The summed E-state index contributed by atoms with van der Waals surface area (Å²) in [4.78, 5) is 11.7. The highest BCUT2D eigenvalue weighted by Gasteiger charge is 2.13. The lowest BCUT2D eigenvalue weighted by Gasteiger charge is -2.10. The molecule has 4 nitrogen and oxygen atoms in total. The molecule has 5 heteroatoms. The summed E-state index contributed by atoms with van der Waals surface area (Å²) >= 11 is 3.43. The van der Waals surface area contributed by atoms with Gasteiger partial charge in [0.05, 0.1) is 11.1 Å². The van der Waals surface area contributed by atoms with Crippen molar-refractivity contribution in [3.8, 4) is 5.75 Å². The molecule has 116 valence electrons. The second-order valence-corrected chi connectivity index (χ2v) is 6.23. The van der Waals surface area contributed by atoms with Crippen molar-refractivity contribution in [2.75, 3.05) is 26.2 Å². The SMILES string of the molecule is O=C(CCCOc1ccccc1Br)NCCC1CCNC1. The van der Waals surface area contributed by atoms with Crippen LogP contribution in [0.4, 0.5) is 0 Å². The molecule has 21 heavy (non-hydrogen) atoms. The normalized spacial score (nSPS) is 17.7. The van der Waals surface area contributed by atoms with E-state index in [9.17, 15) is 4.79 Å². The van der Waals surface area contributed by atoms with Crippen LogP contribution >= 0.6 is 15.9 Å². The number of ether oxygens (including phenoxy) is 1. The van der Waals surface area contributed by atoms with Crippen molar-refractivity contribution in [1.82, 2.24) is 10.6 Å². The van der Waals surface area contributed by atoms with Crippen LogP contribution in [0.5, 0.6) is 5.75 Å². The Morgan fingerprint density at radius 2 is 2.29 bits per heavy atom. The fourth-order valence-electron chi connectivity index (χ4n) is 2.44. The minimum absolute atomic E-state index is 0.122. The summed E-state index contributed by atoms with van der Waals surface area (Å²) in [7, 11) is 0. The molecule has 1 aromatic rings. The van der Waals surface area contributed by atoms with Crippen LogP contribution in [0.2, 0.25) is 0 Å². The Hall–Kier alpha value is -1.07. The molecule has 1 amide bonds. The summed E-state index contributed by atoms with van der Waals surface area (Å²) < 4.78 is 6.58. The third kappa shape index (κ3) is 6.06. The van der Waals surface area contributed by atoms with Gasteiger partial charge < -0.3 is 15.4 Å². The van der Waals surface area contributed by atoms with Gasteiger partial charge >= 0.3 is 0 Å². The Kier molecular flexibility index (Phi) is 7.03. The number of benzene rings is 1. The number of hydrogen-bond acceptors (Lipinski definition) is 3. The van der Waals surface area contributed by atoms with Gasteiger partial charge in [-0.05, 0) is 66.3 Å². The molecule has 1 atom stereocenters. The summed E-state index contributed by atoms with van der Waals surface area (Å²) in [5.41, 5.74) is 0. The molecule has 1 aromatic carbocycles. The molecule has 1 heterocycles. The van der Waals surface area contributed by atoms with E-state index in [1.807, 2.05) is 24.3 Å². The maximum atomic E-state index is 11.7. The second kappa shape index (κ2) is 9.05. The molecule has 1 aliphatic rings. The highest BCUT2D eigenvalue weighted by molar-refractivity contribution is 9.10. The van der Waals surface area contributed by atoms with Crippen LogP contribution in [0.1, 0.15) is 25.7 Å². The van der Waals surface area contributed by atoms with Crippen LogP contribution in [-0.4, -0.2) is 32.1 Å². The number of carbonyl (C=O) groups excluding carboxylic acids is 1. The predicted octanol–water partition coefficient (Wildman–Crippen LogP) is 2.72. The molecule has 1 aliphatic heterocycles. The zero-order valence-corrected chi connectivity index (χ0v) is 13.8. The van der Waals surface area contributed by atoms with E-state index in [0.717, 1.165) is 48.6 Å². The van der Waals surface area contributed by atoms with Gasteiger partial charge in [-0.1, -0.05) is 12.1 Å². The zero-order chi connectivity index (χ0) is 14.9. The summed E-state index contributed by atoms with van der Waals surface area (Å²) in [6.07, 6.45) is 3.56. The molecular formula is C16H23BrN2O2. The predicted molar refractivity (Wildman–Crippen MR) is 87.5 cm³/mol. The van der Waals surface area contributed by atoms with Gasteiger partial charge in [0.2, 0.25) is 5.91 Å². The summed E-state index contributed by atoms with van der Waals surface area (Å²) in [5, 5.41) is 6.33. The average Bonchev–Trinajstić information content (AvgIpc) is 2.98. The summed E-state index contributed by atoms with van der Waals surface area (Å²) in [6.45, 7) is 3.56. The number of rotatable bonds is 8. The Bertz CT molecular complexity index is 448. The fourth-order valence-corrected chi connectivity index (χ4v) is 2.84. The lowest BCUT2D eigenvalue weighted by atomic mass is 10.1. The minimum Gasteiger partial charge on any atom is -0.492 e. The molecular weight excluding hydrogens is 332 g/mol. The Morgan fingerprint density at radius 3 is 3.05 bits per heavy atom. The van der Waals surface area contributed by atoms with Gasteiger partial charge in [-0.2, -0.15) is 0 Å². The van der Waals surface area contributed by atoms with E-state index in [2.05, 4.69) is 26.6 Å². The monoisotopic (exact) mass is 354 g/mol. The van der Waals surface area contributed by atoms with Crippen LogP contribution < -0.4 is 15.4 Å². The highest BCUT2D eigenvalue weighted by atomic mass is 79.9. The number of carbonyl (C=O) groups is 1. The first kappa shape index (κ1) is 16.3. The molecule has 2 rings (SSSR count). The highest BCUT2D eigenvalue weighted by Crippen LogP contribution is 2.23. The Balaban J connectivity index is 1.52. The first-order valence-corrected chi connectivity index (χ1v) is 8.40. The van der Waals surface area contributed by atoms with E-state index < -0.39 is 0 Å². The molecule has 1 saturated heterocycles. The van der Waals surface area contributed by atoms with Gasteiger partial charge in [-0.3, -0.25) is 4.79 Å². The van der Waals surface area contributed by atoms with Crippen molar-refractivity contribution in [2.24, 2.45) is 5.92 Å². The molecule has 0 spiro atoms. The largest absolute Gasteiger partial charge is 0.492 e. The standard InChI is InChI=1S/C16H23BrN2O2/c17-14-4-1-2-5-15(14)21-11-3-6-16(20)19-10-8-13-7-9-18-12-13/h1-2,4-5,13,18H,3,6-12H2,(H,19,20). The Morgan fingerprint density at radius 1 is 1.43 bits per heavy atom. The van der Waals surface area contributed by atoms with E-state index in [1.165, 1.54) is 6.42 Å². The van der Waals surface area contributed by atoms with Crippen molar-refractivity contribution >= 4 is 21.8 Å². The van der Waals surface area contributed by atoms with E-state index in [-0.39, 0.29) is 5.91 Å². The quantitative estimate of drug-likeness (QED) is 0.705. The van der Waals surface area contributed by atoms with E-state index in [0.29, 0.717) is 13.0 Å². The number of hydrogen-bond donors (Lipinski definition) is 2. The van der Waals surface area contributed by atoms with Crippen LogP contribution in [0.15, 0.2) is 28.7 Å². The van der Waals surface area contributed by atoms with Gasteiger partial charge in [0.25, 0.3) is 0 Å². The molecule has 0 bridgehead atoms. The number of para-hydroxylation sites is 1. The topological polar surface area (TPSA) is 50.4 Å². The van der Waals surface area contributed by atoms with Gasteiger partial charge in [-0.15, -0.1) is 0 Å². The number of amides is 1. The van der Waals surface area contributed by atoms with Gasteiger partial charge in [0.15, 0.2) is 0 Å². The zero-order valence-electron chi connectivity index (χ0n) is 12.2. The lowest BCUT2D eigenvalue weighted by molar-refractivity contribution is -0.121. The molecule has 0 radical (unpaired) electrons. The van der Waals surface area contributed by atoms with Crippen LogP contribution in [0.25, 0.3) is 0 Å². The lowest BCUT2D eigenvalue weighted by Crippen LogP contribution is -2.26. The molecule has 2 N–H and O–H groups in total. The average molecular weight is 355 g/mol. The minimum atomic E-state index is 0.122. The van der Waals surface area contributed by atoms with Crippen molar-refractivity contribution in [3.63, 3.8) is 0 Å². The molecule has 0 aromatic heterocycles. The van der Waals surface area contributed by atoms with E-state index in [4.69, 9.17) is 4.74 Å². The second-order valence-electron chi connectivity index (χ2n) is 5.38. The third-order valence-electron chi connectivity index (χ3n) is 3.68. The first-order valence-electron chi connectivity index (χ1n) is 7.60. The number of halogens is 1. The van der Waals surface area contributed by atoms with Crippen LogP contribution in [0, 0.1) is 5.92 Å².